The van der Waals surface area contributed by atoms with Gasteiger partial charge in [-0.25, -0.2) is 0 Å². The van der Waals surface area contributed by atoms with Gasteiger partial charge in [0.2, 0.25) is 0 Å². The molecule has 1 aromatic carbocycles. The Kier molecular flexibility index (Phi) is 3.42. The van der Waals surface area contributed by atoms with Crippen molar-refractivity contribution >= 4 is 17.3 Å². The maximum atomic E-state index is 12.0. The number of nitrogens with zero attached hydrogens (tertiary/aromatic N) is 1. The lowest BCUT2D eigenvalue weighted by Gasteiger charge is -2.12. The predicted molar refractivity (Wildman–Crippen MR) is 66.2 cm³/mol. The van der Waals surface area contributed by atoms with Crippen LogP contribution in [0.1, 0.15) is 16.8 Å². The molecule has 7 heteroatoms. The number of nitrogen functional groups attached to an aromatic ring is 1. The van der Waals surface area contributed by atoms with Crippen molar-refractivity contribution in [2.75, 3.05) is 18.8 Å². The fourth-order valence-electron chi connectivity index (χ4n) is 1.90. The minimum Gasteiger partial charge on any atom is -0.398 e. The number of anilines is 1. The molecule has 1 amide bonds. The Balaban J connectivity index is 2.17. The van der Waals surface area contributed by atoms with Gasteiger partial charge >= 0.3 is 0 Å². The standard InChI is InChI=1S/C11H14N4O3/c12-10-2-1-8(15(17)18)5-9(10)11(16)14-7-3-4-13-6-7/h1-2,5,7,13H,3-4,6,12H2,(H,14,16). The third-order valence-electron chi connectivity index (χ3n) is 2.89. The lowest BCUT2D eigenvalue weighted by atomic mass is 10.1. The molecule has 0 aromatic heterocycles. The van der Waals surface area contributed by atoms with Gasteiger partial charge in [0.25, 0.3) is 11.6 Å². The SMILES string of the molecule is Nc1ccc([N+](=O)[O-])cc1C(=O)NC1CCNC1. The Bertz CT molecular complexity index is 483. The van der Waals surface area contributed by atoms with Gasteiger partial charge in [-0.2, -0.15) is 0 Å². The van der Waals surface area contributed by atoms with Gasteiger partial charge in [-0.3, -0.25) is 14.9 Å². The number of carbonyl (C=O) groups is 1. The molecule has 1 unspecified atom stereocenters. The highest BCUT2D eigenvalue weighted by Gasteiger charge is 2.20. The molecule has 0 saturated carbocycles. The summed E-state index contributed by atoms with van der Waals surface area (Å²) in [4.78, 5) is 22.1. The highest BCUT2D eigenvalue weighted by atomic mass is 16.6. The molecule has 1 aromatic rings. The number of hydrogen-bond donors (Lipinski definition) is 3. The van der Waals surface area contributed by atoms with Crippen LogP contribution >= 0.6 is 0 Å². The molecule has 0 aliphatic carbocycles. The molecule has 1 fully saturated rings. The van der Waals surface area contributed by atoms with E-state index in [0.717, 1.165) is 13.0 Å². The van der Waals surface area contributed by atoms with E-state index in [2.05, 4.69) is 10.6 Å². The van der Waals surface area contributed by atoms with Gasteiger partial charge in [-0.1, -0.05) is 0 Å². The highest BCUT2D eigenvalue weighted by molar-refractivity contribution is 6.00. The van der Waals surface area contributed by atoms with Gasteiger partial charge in [0, 0.05) is 30.4 Å². The van der Waals surface area contributed by atoms with Crippen LogP contribution in [0.3, 0.4) is 0 Å². The van der Waals surface area contributed by atoms with Crippen LogP contribution in [-0.4, -0.2) is 30.0 Å². The second-order valence-electron chi connectivity index (χ2n) is 4.19. The molecule has 1 heterocycles. The smallest absolute Gasteiger partial charge is 0.270 e. The van der Waals surface area contributed by atoms with Gasteiger partial charge < -0.3 is 16.4 Å². The van der Waals surface area contributed by atoms with Crippen molar-refractivity contribution in [1.82, 2.24) is 10.6 Å². The van der Waals surface area contributed by atoms with Crippen LogP contribution in [0.4, 0.5) is 11.4 Å². The summed E-state index contributed by atoms with van der Waals surface area (Å²) in [6, 6.07) is 3.91. The van der Waals surface area contributed by atoms with E-state index in [0.29, 0.717) is 6.54 Å². The van der Waals surface area contributed by atoms with Crippen molar-refractivity contribution < 1.29 is 9.72 Å². The molecule has 7 nitrogen and oxygen atoms in total. The zero-order valence-electron chi connectivity index (χ0n) is 9.68. The first-order valence-electron chi connectivity index (χ1n) is 5.63. The first kappa shape index (κ1) is 12.3. The van der Waals surface area contributed by atoms with Crippen LogP contribution in [0.2, 0.25) is 0 Å². The number of nitrogens with one attached hydrogen (secondary N) is 2. The van der Waals surface area contributed by atoms with E-state index in [1.54, 1.807) is 0 Å². The van der Waals surface area contributed by atoms with E-state index < -0.39 is 4.92 Å². The molecule has 1 saturated heterocycles. The highest BCUT2D eigenvalue weighted by Crippen LogP contribution is 2.19. The molecule has 0 spiro atoms. The van der Waals surface area contributed by atoms with Crippen molar-refractivity contribution in [3.63, 3.8) is 0 Å². The number of nitrogens with two attached hydrogens (primary N) is 1. The van der Waals surface area contributed by atoms with Crippen LogP contribution in [0, 0.1) is 10.1 Å². The van der Waals surface area contributed by atoms with E-state index in [9.17, 15) is 14.9 Å². The summed E-state index contributed by atoms with van der Waals surface area (Å²) in [5, 5.41) is 16.6. The monoisotopic (exact) mass is 250 g/mol. The number of benzene rings is 1. The zero-order chi connectivity index (χ0) is 13.1. The molecule has 0 bridgehead atoms. The maximum Gasteiger partial charge on any atom is 0.270 e. The van der Waals surface area contributed by atoms with E-state index >= 15 is 0 Å². The molecule has 2 rings (SSSR count). The van der Waals surface area contributed by atoms with E-state index in [1.807, 2.05) is 0 Å². The summed E-state index contributed by atoms with van der Waals surface area (Å²) in [5.41, 5.74) is 5.91. The number of carbonyl (C=O) groups excluding carboxylic acids is 1. The van der Waals surface area contributed by atoms with Gasteiger partial charge in [0.05, 0.1) is 10.5 Å². The number of hydrogen-bond acceptors (Lipinski definition) is 5. The molecule has 1 aliphatic rings. The second-order valence-corrected chi connectivity index (χ2v) is 4.19. The number of nitro benzene ring substituents is 1. The van der Waals surface area contributed by atoms with E-state index in [1.165, 1.54) is 18.2 Å². The molecule has 0 radical (unpaired) electrons. The van der Waals surface area contributed by atoms with Crippen LogP contribution in [0.25, 0.3) is 0 Å². The lowest BCUT2D eigenvalue weighted by molar-refractivity contribution is -0.384. The largest absolute Gasteiger partial charge is 0.398 e. The van der Waals surface area contributed by atoms with E-state index in [4.69, 9.17) is 5.73 Å². The van der Waals surface area contributed by atoms with Gasteiger partial charge in [-0.05, 0) is 19.0 Å². The molecule has 18 heavy (non-hydrogen) atoms. The van der Waals surface area contributed by atoms with Crippen LogP contribution in [0.5, 0.6) is 0 Å². The Morgan fingerprint density at radius 1 is 1.56 bits per heavy atom. The van der Waals surface area contributed by atoms with Gasteiger partial charge in [0.15, 0.2) is 0 Å². The molecule has 1 atom stereocenters. The van der Waals surface area contributed by atoms with Crippen LogP contribution < -0.4 is 16.4 Å². The summed E-state index contributed by atoms with van der Waals surface area (Å²) in [5.74, 6) is -0.370. The Labute approximate surface area is 104 Å². The normalized spacial score (nSPS) is 18.6. The number of rotatable bonds is 3. The summed E-state index contributed by atoms with van der Waals surface area (Å²) in [7, 11) is 0. The molecular weight excluding hydrogens is 236 g/mol. The number of nitro groups is 1. The fourth-order valence-corrected chi connectivity index (χ4v) is 1.90. The second kappa shape index (κ2) is 5.01. The summed E-state index contributed by atoms with van der Waals surface area (Å²) in [6.45, 7) is 1.57. The predicted octanol–water partition coefficient (Wildman–Crippen LogP) is 0.269. The van der Waals surface area contributed by atoms with Crippen molar-refractivity contribution in [3.05, 3.63) is 33.9 Å². The van der Waals surface area contributed by atoms with Crippen LogP contribution in [-0.2, 0) is 0 Å². The molecule has 4 N–H and O–H groups in total. The third-order valence-corrected chi connectivity index (χ3v) is 2.89. The van der Waals surface area contributed by atoms with Crippen molar-refractivity contribution in [3.8, 4) is 0 Å². The lowest BCUT2D eigenvalue weighted by Crippen LogP contribution is -2.36. The van der Waals surface area contributed by atoms with Crippen LogP contribution in [0.15, 0.2) is 18.2 Å². The maximum absolute atomic E-state index is 12.0. The Morgan fingerprint density at radius 3 is 2.94 bits per heavy atom. The average Bonchev–Trinajstić information content (AvgIpc) is 2.81. The van der Waals surface area contributed by atoms with E-state index in [-0.39, 0.29) is 28.9 Å². The zero-order valence-corrected chi connectivity index (χ0v) is 9.68. The van der Waals surface area contributed by atoms with Crippen molar-refractivity contribution in [2.24, 2.45) is 0 Å². The van der Waals surface area contributed by atoms with Crippen molar-refractivity contribution in [2.45, 2.75) is 12.5 Å². The third kappa shape index (κ3) is 2.57. The Hall–Kier alpha value is -2.15. The fraction of sp³-hybridized carbons (Fsp3) is 0.364. The Morgan fingerprint density at radius 2 is 2.33 bits per heavy atom. The first-order valence-corrected chi connectivity index (χ1v) is 5.63. The molecule has 1 aliphatic heterocycles. The number of amides is 1. The molecular formula is C11H14N4O3. The summed E-state index contributed by atoms with van der Waals surface area (Å²) in [6.07, 6.45) is 0.848. The topological polar surface area (TPSA) is 110 Å². The summed E-state index contributed by atoms with van der Waals surface area (Å²) < 4.78 is 0. The minimum absolute atomic E-state index is 0.0520. The van der Waals surface area contributed by atoms with Gasteiger partial charge in [0.1, 0.15) is 0 Å². The first-order chi connectivity index (χ1) is 8.58. The average molecular weight is 250 g/mol. The summed E-state index contributed by atoms with van der Waals surface area (Å²) >= 11 is 0. The molecule has 96 valence electrons. The van der Waals surface area contributed by atoms with Gasteiger partial charge in [-0.15, -0.1) is 0 Å². The van der Waals surface area contributed by atoms with Crippen molar-refractivity contribution in [1.29, 1.82) is 0 Å². The quantitative estimate of drug-likeness (QED) is 0.405. The minimum atomic E-state index is -0.548. The number of non-ortho nitro benzene ring substituents is 1.